The van der Waals surface area contributed by atoms with Crippen molar-refractivity contribution in [2.75, 3.05) is 33.5 Å². The number of methoxy groups -OCH3 is 1. The molecule has 8 heteroatoms. The number of hydrogen-bond donors (Lipinski definition) is 1. The van der Waals surface area contributed by atoms with Crippen LogP contribution in [0.5, 0.6) is 28.7 Å². The fourth-order valence-electron chi connectivity index (χ4n) is 3.67. The Hall–Kier alpha value is -3.68. The van der Waals surface area contributed by atoms with Gasteiger partial charge in [0.1, 0.15) is 18.9 Å². The van der Waals surface area contributed by atoms with Gasteiger partial charge in [-0.25, -0.2) is 4.98 Å². The van der Waals surface area contributed by atoms with Crippen LogP contribution in [0.2, 0.25) is 0 Å². The van der Waals surface area contributed by atoms with Crippen LogP contribution < -0.4 is 29.4 Å². The van der Waals surface area contributed by atoms with Crippen LogP contribution in [0.3, 0.4) is 0 Å². The van der Waals surface area contributed by atoms with Crippen molar-refractivity contribution in [3.8, 4) is 40.0 Å². The number of ether oxygens (including phenoxy) is 5. The Kier molecular flexibility index (Phi) is 4.46. The Balaban J connectivity index is 1.77. The van der Waals surface area contributed by atoms with Crippen molar-refractivity contribution in [3.63, 3.8) is 0 Å². The highest BCUT2D eigenvalue weighted by molar-refractivity contribution is 6.02. The summed E-state index contributed by atoms with van der Waals surface area (Å²) < 4.78 is 28.6. The average Bonchev–Trinajstić information content (AvgIpc) is 3.01. The minimum Gasteiger partial charge on any atom is -0.493 e. The van der Waals surface area contributed by atoms with Crippen LogP contribution in [0, 0.1) is 0 Å². The number of primary amides is 1. The topological polar surface area (TPSA) is 102 Å². The SMILES string of the molecule is COc1cc(-c2nc(C(N)=O)cc3cc4c(cc23)OCCO4)cc2c1OCCCO2. The molecule has 0 unspecified atom stereocenters. The average molecular weight is 408 g/mol. The maximum atomic E-state index is 12.0. The summed E-state index contributed by atoms with van der Waals surface area (Å²) in [5, 5.41) is 1.56. The molecule has 0 saturated heterocycles. The lowest BCUT2D eigenvalue weighted by Crippen LogP contribution is -2.16. The minimum atomic E-state index is -0.616. The third-order valence-corrected chi connectivity index (χ3v) is 5.05. The first-order valence-electron chi connectivity index (χ1n) is 9.66. The lowest BCUT2D eigenvalue weighted by Gasteiger charge is -2.20. The molecule has 5 rings (SSSR count). The molecule has 2 aliphatic rings. The zero-order valence-electron chi connectivity index (χ0n) is 16.4. The first-order valence-corrected chi connectivity index (χ1v) is 9.66. The summed E-state index contributed by atoms with van der Waals surface area (Å²) in [6.45, 7) is 2.02. The van der Waals surface area contributed by atoms with Crippen LogP contribution in [0.15, 0.2) is 30.3 Å². The monoisotopic (exact) mass is 408 g/mol. The maximum Gasteiger partial charge on any atom is 0.267 e. The normalized spacial score (nSPS) is 14.8. The molecular weight excluding hydrogens is 388 g/mol. The van der Waals surface area contributed by atoms with E-state index in [-0.39, 0.29) is 5.69 Å². The summed E-state index contributed by atoms with van der Waals surface area (Å²) in [5.74, 6) is 2.29. The third-order valence-electron chi connectivity index (χ3n) is 5.05. The largest absolute Gasteiger partial charge is 0.493 e. The number of nitrogens with zero attached hydrogens (tertiary/aromatic N) is 1. The van der Waals surface area contributed by atoms with Gasteiger partial charge >= 0.3 is 0 Å². The van der Waals surface area contributed by atoms with Crippen LogP contribution in [-0.2, 0) is 0 Å². The molecule has 0 bridgehead atoms. The van der Waals surface area contributed by atoms with Crippen molar-refractivity contribution in [3.05, 3.63) is 36.0 Å². The van der Waals surface area contributed by atoms with Gasteiger partial charge in [0.15, 0.2) is 23.0 Å². The van der Waals surface area contributed by atoms with Crippen molar-refractivity contribution in [1.29, 1.82) is 0 Å². The predicted molar refractivity (Wildman–Crippen MR) is 109 cm³/mol. The van der Waals surface area contributed by atoms with Gasteiger partial charge < -0.3 is 29.4 Å². The molecule has 154 valence electrons. The number of fused-ring (bicyclic) bond motifs is 3. The number of nitrogens with two attached hydrogens (primary N) is 1. The number of amides is 1. The van der Waals surface area contributed by atoms with E-state index in [9.17, 15) is 4.79 Å². The van der Waals surface area contributed by atoms with Crippen LogP contribution in [-0.4, -0.2) is 44.4 Å². The molecular formula is C22H20N2O6. The summed E-state index contributed by atoms with van der Waals surface area (Å²) in [6.07, 6.45) is 0.773. The molecule has 0 atom stereocenters. The molecule has 1 aromatic heterocycles. The van der Waals surface area contributed by atoms with E-state index in [0.717, 1.165) is 17.2 Å². The Morgan fingerprint density at radius 2 is 1.67 bits per heavy atom. The Bertz CT molecular complexity index is 1160. The molecule has 3 heterocycles. The lowest BCUT2D eigenvalue weighted by atomic mass is 10.0. The minimum absolute atomic E-state index is 0.153. The van der Waals surface area contributed by atoms with E-state index in [2.05, 4.69) is 4.98 Å². The summed E-state index contributed by atoms with van der Waals surface area (Å²) in [4.78, 5) is 16.5. The van der Waals surface area contributed by atoms with Crippen LogP contribution >= 0.6 is 0 Å². The molecule has 1 amide bonds. The second-order valence-electron chi connectivity index (χ2n) is 6.99. The quantitative estimate of drug-likeness (QED) is 0.711. The van der Waals surface area contributed by atoms with Crippen LogP contribution in [0.25, 0.3) is 22.0 Å². The van der Waals surface area contributed by atoms with E-state index in [1.54, 1.807) is 13.2 Å². The zero-order valence-corrected chi connectivity index (χ0v) is 16.4. The molecule has 8 nitrogen and oxygen atoms in total. The molecule has 2 aromatic carbocycles. The number of aromatic nitrogens is 1. The summed E-state index contributed by atoms with van der Waals surface area (Å²) in [5.41, 5.74) is 6.97. The highest BCUT2D eigenvalue weighted by Crippen LogP contribution is 2.44. The van der Waals surface area contributed by atoms with Gasteiger partial charge in [-0.15, -0.1) is 0 Å². The first kappa shape index (κ1) is 18.4. The molecule has 0 spiro atoms. The van der Waals surface area contributed by atoms with Crippen molar-refractivity contribution in [2.24, 2.45) is 5.73 Å². The van der Waals surface area contributed by atoms with Crippen molar-refractivity contribution in [1.82, 2.24) is 4.98 Å². The molecule has 0 aliphatic carbocycles. The van der Waals surface area contributed by atoms with Gasteiger partial charge in [-0.3, -0.25) is 4.79 Å². The van der Waals surface area contributed by atoms with E-state index >= 15 is 0 Å². The number of pyridine rings is 1. The van der Waals surface area contributed by atoms with E-state index in [4.69, 9.17) is 29.4 Å². The Labute approximate surface area is 172 Å². The van der Waals surface area contributed by atoms with Gasteiger partial charge in [0.2, 0.25) is 5.75 Å². The van der Waals surface area contributed by atoms with E-state index in [1.807, 2.05) is 24.3 Å². The molecule has 30 heavy (non-hydrogen) atoms. The second kappa shape index (κ2) is 7.29. The van der Waals surface area contributed by atoms with E-state index in [1.165, 1.54) is 0 Å². The molecule has 0 saturated carbocycles. The fraction of sp³-hybridized carbons (Fsp3) is 0.273. The molecule has 2 N–H and O–H groups in total. The standard InChI is InChI=1S/C22H20N2O6/c1-26-18-9-13(10-19-21(18)30-4-2-3-27-19)20-14-11-17-16(28-5-6-29-17)8-12(14)7-15(24-20)22(23)25/h7-11H,2-6H2,1H3,(H2,23,25). The summed E-state index contributed by atoms with van der Waals surface area (Å²) >= 11 is 0. The molecule has 0 radical (unpaired) electrons. The van der Waals surface area contributed by atoms with Crippen LogP contribution in [0.1, 0.15) is 16.9 Å². The van der Waals surface area contributed by atoms with Gasteiger partial charge in [-0.2, -0.15) is 0 Å². The molecule has 2 aliphatic heterocycles. The first-order chi connectivity index (χ1) is 14.6. The third kappa shape index (κ3) is 3.10. The van der Waals surface area contributed by atoms with Crippen molar-refractivity contribution < 1.29 is 28.5 Å². The van der Waals surface area contributed by atoms with Crippen molar-refractivity contribution in [2.45, 2.75) is 6.42 Å². The number of rotatable bonds is 3. The van der Waals surface area contributed by atoms with Gasteiger partial charge in [0, 0.05) is 17.4 Å². The lowest BCUT2D eigenvalue weighted by molar-refractivity contribution is 0.0996. The number of hydrogen-bond acceptors (Lipinski definition) is 7. The van der Waals surface area contributed by atoms with Gasteiger partial charge in [-0.1, -0.05) is 0 Å². The summed E-state index contributed by atoms with van der Waals surface area (Å²) in [6, 6.07) is 9.01. The van der Waals surface area contributed by atoms with Crippen LogP contribution in [0.4, 0.5) is 0 Å². The van der Waals surface area contributed by atoms with Gasteiger partial charge in [-0.05, 0) is 35.7 Å². The van der Waals surface area contributed by atoms with Gasteiger partial charge in [0.05, 0.1) is 26.0 Å². The maximum absolute atomic E-state index is 12.0. The Morgan fingerprint density at radius 1 is 0.933 bits per heavy atom. The Morgan fingerprint density at radius 3 is 2.43 bits per heavy atom. The molecule has 3 aromatic rings. The van der Waals surface area contributed by atoms with Gasteiger partial charge in [0.25, 0.3) is 5.91 Å². The van der Waals surface area contributed by atoms with E-state index in [0.29, 0.717) is 66.4 Å². The predicted octanol–water partition coefficient (Wildman–Crippen LogP) is 2.94. The fourth-order valence-corrected chi connectivity index (χ4v) is 3.67. The van der Waals surface area contributed by atoms with E-state index < -0.39 is 5.91 Å². The molecule has 0 fully saturated rings. The smallest absolute Gasteiger partial charge is 0.267 e. The zero-order chi connectivity index (χ0) is 20.7. The number of carbonyl (C=O) groups excluding carboxylic acids is 1. The van der Waals surface area contributed by atoms with Crippen molar-refractivity contribution >= 4 is 16.7 Å². The highest BCUT2D eigenvalue weighted by atomic mass is 16.6. The second-order valence-corrected chi connectivity index (χ2v) is 6.99. The highest BCUT2D eigenvalue weighted by Gasteiger charge is 2.22. The number of carbonyl (C=O) groups is 1. The summed E-state index contributed by atoms with van der Waals surface area (Å²) in [7, 11) is 1.57. The number of benzene rings is 2.